The maximum Gasteiger partial charge on any atom is 0.222 e. The first-order valence-electron chi connectivity index (χ1n) is 5.69. The predicted molar refractivity (Wildman–Crippen MR) is 68.1 cm³/mol. The van der Waals surface area contributed by atoms with Crippen molar-refractivity contribution in [1.29, 1.82) is 0 Å². The summed E-state index contributed by atoms with van der Waals surface area (Å²) in [6.45, 7) is 4.18. The van der Waals surface area contributed by atoms with Crippen LogP contribution in [-0.2, 0) is 6.54 Å². The molecule has 0 aliphatic rings. The predicted octanol–water partition coefficient (Wildman–Crippen LogP) is 3.09. The van der Waals surface area contributed by atoms with Crippen molar-refractivity contribution < 1.29 is 9.13 Å². The minimum absolute atomic E-state index is 0.327. The zero-order valence-corrected chi connectivity index (χ0v) is 10.4. The molecule has 0 aliphatic carbocycles. The topological polar surface area (TPSA) is 48.1 Å². The minimum atomic E-state index is -0.327. The zero-order chi connectivity index (χ0) is 13.1. The van der Waals surface area contributed by atoms with Gasteiger partial charge in [0.2, 0.25) is 5.88 Å². The number of ether oxygens (including phenoxy) is 1. The molecule has 1 aromatic heterocycles. The standard InChI is InChI=1S/C14H15FN2O/c1-9-3-4-12(15)6-13(9)18-14-10(2)5-11(7-16)8-17-14/h3-6,8H,7,16H2,1-2H3. The van der Waals surface area contributed by atoms with E-state index in [1.54, 1.807) is 12.3 Å². The molecule has 0 spiro atoms. The highest BCUT2D eigenvalue weighted by Crippen LogP contribution is 2.26. The van der Waals surface area contributed by atoms with Gasteiger partial charge in [0.15, 0.2) is 0 Å². The number of benzene rings is 1. The largest absolute Gasteiger partial charge is 0.438 e. The average Bonchev–Trinajstić information content (AvgIpc) is 2.36. The normalized spacial score (nSPS) is 10.4. The second-order valence-electron chi connectivity index (χ2n) is 4.18. The van der Waals surface area contributed by atoms with Crippen LogP contribution in [0, 0.1) is 19.7 Å². The molecule has 0 saturated carbocycles. The molecule has 18 heavy (non-hydrogen) atoms. The number of hydrogen-bond acceptors (Lipinski definition) is 3. The number of aromatic nitrogens is 1. The third-order valence-corrected chi connectivity index (χ3v) is 2.68. The van der Waals surface area contributed by atoms with E-state index >= 15 is 0 Å². The van der Waals surface area contributed by atoms with Crippen LogP contribution in [0.2, 0.25) is 0 Å². The van der Waals surface area contributed by atoms with E-state index in [9.17, 15) is 4.39 Å². The van der Waals surface area contributed by atoms with Crippen LogP contribution in [0.3, 0.4) is 0 Å². The molecule has 0 atom stereocenters. The van der Waals surface area contributed by atoms with Crippen LogP contribution < -0.4 is 10.5 Å². The average molecular weight is 246 g/mol. The molecule has 4 heteroatoms. The van der Waals surface area contributed by atoms with Crippen molar-refractivity contribution in [3.8, 4) is 11.6 Å². The van der Waals surface area contributed by atoms with Gasteiger partial charge in [-0.05, 0) is 37.1 Å². The van der Waals surface area contributed by atoms with Crippen LogP contribution in [0.1, 0.15) is 16.7 Å². The Bertz CT molecular complexity index is 570. The van der Waals surface area contributed by atoms with Gasteiger partial charge in [-0.25, -0.2) is 9.37 Å². The molecule has 2 aromatic rings. The van der Waals surface area contributed by atoms with Crippen molar-refractivity contribution >= 4 is 0 Å². The van der Waals surface area contributed by atoms with E-state index in [1.807, 2.05) is 19.9 Å². The first kappa shape index (κ1) is 12.5. The quantitative estimate of drug-likeness (QED) is 0.905. The molecule has 1 aromatic carbocycles. The Morgan fingerprint density at radius 1 is 1.22 bits per heavy atom. The molecule has 3 nitrogen and oxygen atoms in total. The van der Waals surface area contributed by atoms with E-state index in [2.05, 4.69) is 4.98 Å². The van der Waals surface area contributed by atoms with Gasteiger partial charge in [-0.1, -0.05) is 6.07 Å². The molecule has 1 heterocycles. The van der Waals surface area contributed by atoms with E-state index in [0.717, 1.165) is 16.7 Å². The SMILES string of the molecule is Cc1ccc(F)cc1Oc1ncc(CN)cc1C. The van der Waals surface area contributed by atoms with Crippen LogP contribution in [0.5, 0.6) is 11.6 Å². The first-order chi connectivity index (χ1) is 8.60. The van der Waals surface area contributed by atoms with Gasteiger partial charge in [0.1, 0.15) is 11.6 Å². The molecule has 94 valence electrons. The lowest BCUT2D eigenvalue weighted by atomic mass is 10.2. The second kappa shape index (κ2) is 5.14. The van der Waals surface area contributed by atoms with Gasteiger partial charge in [0, 0.05) is 24.4 Å². The fourth-order valence-electron chi connectivity index (χ4n) is 1.63. The van der Waals surface area contributed by atoms with Crippen LogP contribution >= 0.6 is 0 Å². The second-order valence-corrected chi connectivity index (χ2v) is 4.18. The molecular weight excluding hydrogens is 231 g/mol. The van der Waals surface area contributed by atoms with E-state index in [0.29, 0.717) is 18.2 Å². The number of rotatable bonds is 3. The van der Waals surface area contributed by atoms with Crippen LogP contribution in [0.4, 0.5) is 4.39 Å². The van der Waals surface area contributed by atoms with E-state index in [1.165, 1.54) is 12.1 Å². The summed E-state index contributed by atoms with van der Waals surface area (Å²) in [6, 6.07) is 6.35. The van der Waals surface area contributed by atoms with E-state index in [-0.39, 0.29) is 5.82 Å². The van der Waals surface area contributed by atoms with Gasteiger partial charge in [0.25, 0.3) is 0 Å². The highest BCUT2D eigenvalue weighted by Gasteiger charge is 2.07. The first-order valence-corrected chi connectivity index (χ1v) is 5.69. The van der Waals surface area contributed by atoms with Crippen molar-refractivity contribution in [2.24, 2.45) is 5.73 Å². The third kappa shape index (κ3) is 2.65. The summed E-state index contributed by atoms with van der Waals surface area (Å²) >= 11 is 0. The summed E-state index contributed by atoms with van der Waals surface area (Å²) in [6.07, 6.45) is 1.66. The Kier molecular flexibility index (Phi) is 3.58. The fraction of sp³-hybridized carbons (Fsp3) is 0.214. The molecule has 2 rings (SSSR count). The molecule has 0 bridgehead atoms. The summed E-state index contributed by atoms with van der Waals surface area (Å²) < 4.78 is 18.8. The van der Waals surface area contributed by atoms with Gasteiger partial charge in [-0.15, -0.1) is 0 Å². The lowest BCUT2D eigenvalue weighted by Gasteiger charge is -2.10. The summed E-state index contributed by atoms with van der Waals surface area (Å²) in [4.78, 5) is 4.19. The zero-order valence-electron chi connectivity index (χ0n) is 10.4. The number of halogens is 1. The molecule has 0 fully saturated rings. The number of aryl methyl sites for hydroxylation is 2. The van der Waals surface area contributed by atoms with Gasteiger partial charge in [-0.3, -0.25) is 0 Å². The molecule has 0 saturated heterocycles. The van der Waals surface area contributed by atoms with Gasteiger partial charge in [-0.2, -0.15) is 0 Å². The minimum Gasteiger partial charge on any atom is -0.438 e. The summed E-state index contributed by atoms with van der Waals surface area (Å²) in [7, 11) is 0. The lowest BCUT2D eigenvalue weighted by Crippen LogP contribution is -2.00. The Hall–Kier alpha value is -1.94. The number of hydrogen-bond donors (Lipinski definition) is 1. The van der Waals surface area contributed by atoms with Crippen molar-refractivity contribution in [1.82, 2.24) is 4.98 Å². The third-order valence-electron chi connectivity index (χ3n) is 2.68. The van der Waals surface area contributed by atoms with Crippen molar-refractivity contribution in [3.63, 3.8) is 0 Å². The maximum absolute atomic E-state index is 13.2. The number of pyridine rings is 1. The Morgan fingerprint density at radius 3 is 2.67 bits per heavy atom. The van der Waals surface area contributed by atoms with Crippen LogP contribution in [0.25, 0.3) is 0 Å². The number of nitrogens with two attached hydrogens (primary N) is 1. The lowest BCUT2D eigenvalue weighted by molar-refractivity contribution is 0.450. The van der Waals surface area contributed by atoms with Crippen molar-refractivity contribution in [2.75, 3.05) is 0 Å². The Morgan fingerprint density at radius 2 is 2.00 bits per heavy atom. The number of nitrogens with zero attached hydrogens (tertiary/aromatic N) is 1. The molecule has 0 unspecified atom stereocenters. The monoisotopic (exact) mass is 246 g/mol. The smallest absolute Gasteiger partial charge is 0.222 e. The van der Waals surface area contributed by atoms with Gasteiger partial charge in [0.05, 0.1) is 0 Å². The van der Waals surface area contributed by atoms with Gasteiger partial charge < -0.3 is 10.5 Å². The molecule has 0 amide bonds. The maximum atomic E-state index is 13.2. The fourth-order valence-corrected chi connectivity index (χ4v) is 1.63. The van der Waals surface area contributed by atoms with E-state index in [4.69, 9.17) is 10.5 Å². The summed E-state index contributed by atoms with van der Waals surface area (Å²) in [5.41, 5.74) is 8.21. The molecule has 2 N–H and O–H groups in total. The highest BCUT2D eigenvalue weighted by atomic mass is 19.1. The van der Waals surface area contributed by atoms with Crippen molar-refractivity contribution in [3.05, 3.63) is 53.0 Å². The Balaban J connectivity index is 2.31. The summed E-state index contributed by atoms with van der Waals surface area (Å²) in [5, 5.41) is 0. The van der Waals surface area contributed by atoms with Crippen LogP contribution in [0.15, 0.2) is 30.5 Å². The molecule has 0 radical (unpaired) electrons. The van der Waals surface area contributed by atoms with Crippen LogP contribution in [-0.4, -0.2) is 4.98 Å². The van der Waals surface area contributed by atoms with Crippen molar-refractivity contribution in [2.45, 2.75) is 20.4 Å². The van der Waals surface area contributed by atoms with Gasteiger partial charge >= 0.3 is 0 Å². The molecule has 0 aliphatic heterocycles. The summed E-state index contributed by atoms with van der Waals surface area (Å²) in [5.74, 6) is 0.624. The Labute approximate surface area is 105 Å². The highest BCUT2D eigenvalue weighted by molar-refractivity contribution is 5.38. The van der Waals surface area contributed by atoms with E-state index < -0.39 is 0 Å². The molecular formula is C14H15FN2O.